The van der Waals surface area contributed by atoms with Gasteiger partial charge in [0, 0.05) is 59.0 Å². The number of amides is 1. The van der Waals surface area contributed by atoms with Gasteiger partial charge in [-0.25, -0.2) is 4.39 Å². The van der Waals surface area contributed by atoms with Crippen LogP contribution in [0.25, 0.3) is 11.0 Å². The van der Waals surface area contributed by atoms with Gasteiger partial charge in [-0.1, -0.05) is 12.1 Å². The number of nitrogens with zero attached hydrogens (tertiary/aromatic N) is 2. The van der Waals surface area contributed by atoms with E-state index < -0.39 is 12.3 Å². The summed E-state index contributed by atoms with van der Waals surface area (Å²) < 4.78 is 34.9. The monoisotopic (exact) mass is 395 g/mol. The van der Waals surface area contributed by atoms with Crippen LogP contribution >= 0.6 is 0 Å². The van der Waals surface area contributed by atoms with Crippen molar-refractivity contribution in [3.8, 4) is 0 Å². The third-order valence-corrected chi connectivity index (χ3v) is 5.81. The van der Waals surface area contributed by atoms with Gasteiger partial charge in [0.05, 0.1) is 12.0 Å². The normalized spacial score (nSPS) is 20.2. The molecule has 6 heteroatoms. The summed E-state index contributed by atoms with van der Waals surface area (Å²) in [5.41, 5.74) is 4.13. The zero-order valence-electron chi connectivity index (χ0n) is 18.1. The number of benzene rings is 2. The molecule has 150 valence electrons. The first-order valence-electron chi connectivity index (χ1n) is 11.0. The van der Waals surface area contributed by atoms with Crippen LogP contribution in [0, 0.1) is 5.82 Å². The van der Waals surface area contributed by atoms with Crippen molar-refractivity contribution in [1.29, 1.82) is 0 Å². The number of carbonyl (C=O) groups is 1. The number of hydrogen-bond acceptors (Lipinski definition) is 4. The molecule has 1 N–H and O–H groups in total. The van der Waals surface area contributed by atoms with Crippen molar-refractivity contribution >= 4 is 28.3 Å². The van der Waals surface area contributed by atoms with Crippen molar-refractivity contribution in [2.75, 3.05) is 42.9 Å². The summed E-state index contributed by atoms with van der Waals surface area (Å²) in [6.45, 7) is 4.30. The largest absolute Gasteiger partial charge is 0.464 e. The predicted molar refractivity (Wildman–Crippen MR) is 112 cm³/mol. The van der Waals surface area contributed by atoms with Crippen LogP contribution in [0.5, 0.6) is 0 Å². The highest BCUT2D eigenvalue weighted by Gasteiger charge is 2.20. The molecule has 3 heterocycles. The Labute approximate surface area is 171 Å². The summed E-state index contributed by atoms with van der Waals surface area (Å²) in [4.78, 5) is 16.5. The summed E-state index contributed by atoms with van der Waals surface area (Å²) in [7, 11) is 0. The molecule has 1 fully saturated rings. The average Bonchev–Trinajstić information content (AvgIpc) is 3.21. The topological polar surface area (TPSA) is 48.7 Å². The van der Waals surface area contributed by atoms with Crippen LogP contribution in [-0.2, 0) is 17.6 Å². The third-order valence-electron chi connectivity index (χ3n) is 5.81. The lowest BCUT2D eigenvalue weighted by molar-refractivity contribution is -0.116. The summed E-state index contributed by atoms with van der Waals surface area (Å²) in [6.07, 6.45) is 0.708. The molecule has 0 spiro atoms. The van der Waals surface area contributed by atoms with Crippen LogP contribution in [0.2, 0.25) is 0 Å². The maximum absolute atomic E-state index is 14.0. The van der Waals surface area contributed by atoms with Gasteiger partial charge in [-0.3, -0.25) is 9.69 Å². The van der Waals surface area contributed by atoms with E-state index in [4.69, 9.17) is 7.16 Å². The van der Waals surface area contributed by atoms with Crippen molar-refractivity contribution in [3.05, 3.63) is 59.6 Å². The lowest BCUT2D eigenvalue weighted by Crippen LogP contribution is -2.47. The number of nitrogens with one attached hydrogen (secondary N) is 1. The molecule has 0 aliphatic carbocycles. The maximum Gasteiger partial charge on any atom is 0.224 e. The molecule has 0 radical (unpaired) electrons. The fraction of sp³-hybridized carbons (Fsp3) is 0.348. The van der Waals surface area contributed by atoms with Crippen LogP contribution in [-0.4, -0.2) is 43.5 Å². The van der Waals surface area contributed by atoms with Crippen LogP contribution < -0.4 is 10.2 Å². The quantitative estimate of drug-likeness (QED) is 0.730. The van der Waals surface area contributed by atoms with Crippen molar-refractivity contribution in [2.24, 2.45) is 0 Å². The number of fused-ring (bicyclic) bond motifs is 2. The number of halogens is 1. The van der Waals surface area contributed by atoms with E-state index in [1.807, 2.05) is 24.3 Å². The SMILES string of the molecule is [2H]C1([2H])Cc2ccc(CCN3CCN(c4cc(F)cc5occc45)CC3)cc2NC1=O. The molecule has 29 heavy (non-hydrogen) atoms. The van der Waals surface area contributed by atoms with Crippen LogP contribution in [0.4, 0.5) is 15.8 Å². The second-order valence-corrected chi connectivity index (χ2v) is 7.64. The third kappa shape index (κ3) is 3.72. The first-order valence-corrected chi connectivity index (χ1v) is 9.96. The van der Waals surface area contributed by atoms with Crippen molar-refractivity contribution in [3.63, 3.8) is 0 Å². The second kappa shape index (κ2) is 7.52. The number of rotatable bonds is 4. The molecule has 0 bridgehead atoms. The minimum absolute atomic E-state index is 0.112. The van der Waals surface area contributed by atoms with Crippen LogP contribution in [0.1, 0.15) is 20.2 Å². The minimum Gasteiger partial charge on any atom is -0.464 e. The number of furan rings is 1. The Morgan fingerprint density at radius 1 is 1.14 bits per heavy atom. The van der Waals surface area contributed by atoms with Gasteiger partial charge in [0.25, 0.3) is 0 Å². The molecular formula is C23H24FN3O2. The van der Waals surface area contributed by atoms with Gasteiger partial charge in [-0.2, -0.15) is 0 Å². The van der Waals surface area contributed by atoms with E-state index in [1.165, 1.54) is 6.07 Å². The fourth-order valence-corrected chi connectivity index (χ4v) is 4.17. The number of aryl methyl sites for hydroxylation is 1. The molecule has 1 aromatic heterocycles. The highest BCUT2D eigenvalue weighted by atomic mass is 19.1. The van der Waals surface area contributed by atoms with E-state index in [2.05, 4.69) is 15.1 Å². The molecule has 5 rings (SSSR count). The van der Waals surface area contributed by atoms with E-state index in [0.29, 0.717) is 5.58 Å². The molecule has 0 saturated carbocycles. The zero-order valence-corrected chi connectivity index (χ0v) is 16.1. The van der Waals surface area contributed by atoms with Crippen molar-refractivity contribution in [1.82, 2.24) is 4.90 Å². The lowest BCUT2D eigenvalue weighted by atomic mass is 9.99. The van der Waals surface area contributed by atoms with Gasteiger partial charge in [-0.15, -0.1) is 0 Å². The molecule has 2 aliphatic heterocycles. The Morgan fingerprint density at radius 2 is 2.00 bits per heavy atom. The summed E-state index contributed by atoms with van der Waals surface area (Å²) in [6, 6.07) is 10.8. The zero-order chi connectivity index (χ0) is 21.6. The molecule has 2 aliphatic rings. The average molecular weight is 395 g/mol. The first-order chi connectivity index (χ1) is 14.9. The Hall–Kier alpha value is -2.86. The maximum atomic E-state index is 14.0. The molecule has 1 amide bonds. The first kappa shape index (κ1) is 16.0. The Kier molecular flexibility index (Phi) is 4.15. The van der Waals surface area contributed by atoms with Crippen molar-refractivity contribution < 1.29 is 16.3 Å². The summed E-state index contributed by atoms with van der Waals surface area (Å²) >= 11 is 0. The van der Waals surface area contributed by atoms with E-state index >= 15 is 0 Å². The molecule has 0 atom stereocenters. The van der Waals surface area contributed by atoms with Crippen LogP contribution in [0.15, 0.2) is 47.1 Å². The second-order valence-electron chi connectivity index (χ2n) is 7.64. The van der Waals surface area contributed by atoms with E-state index in [-0.39, 0.29) is 12.2 Å². The van der Waals surface area contributed by atoms with E-state index in [9.17, 15) is 9.18 Å². The van der Waals surface area contributed by atoms with Crippen LogP contribution in [0.3, 0.4) is 0 Å². The minimum atomic E-state index is -1.85. The Morgan fingerprint density at radius 3 is 2.86 bits per heavy atom. The van der Waals surface area contributed by atoms with Gasteiger partial charge in [0.15, 0.2) is 0 Å². The van der Waals surface area contributed by atoms with E-state index in [0.717, 1.165) is 67.0 Å². The Balaban J connectivity index is 1.20. The van der Waals surface area contributed by atoms with Gasteiger partial charge in [0.2, 0.25) is 5.91 Å². The predicted octanol–water partition coefficient (Wildman–Crippen LogP) is 3.82. The summed E-state index contributed by atoms with van der Waals surface area (Å²) in [5.74, 6) is -0.857. The molecule has 2 aromatic carbocycles. The van der Waals surface area contributed by atoms with Crippen molar-refractivity contribution in [2.45, 2.75) is 19.2 Å². The number of anilines is 2. The molecule has 1 saturated heterocycles. The van der Waals surface area contributed by atoms with E-state index in [1.54, 1.807) is 12.3 Å². The molecule has 3 aromatic rings. The highest BCUT2D eigenvalue weighted by Crippen LogP contribution is 2.30. The highest BCUT2D eigenvalue weighted by molar-refractivity contribution is 5.94. The number of carbonyl (C=O) groups excluding carboxylic acids is 1. The lowest BCUT2D eigenvalue weighted by Gasteiger charge is -2.36. The summed E-state index contributed by atoms with van der Waals surface area (Å²) in [5, 5.41) is 3.64. The molecule has 5 nitrogen and oxygen atoms in total. The van der Waals surface area contributed by atoms with Gasteiger partial charge >= 0.3 is 0 Å². The van der Waals surface area contributed by atoms with Gasteiger partial charge in [-0.05, 0) is 42.2 Å². The Bertz CT molecular complexity index is 1140. The standard InChI is InChI=1S/C23H24FN3O2/c24-18-14-21(19-6-12-29-22(19)15-18)27-10-8-26(9-11-27)7-5-16-1-2-17-3-4-23(28)25-20(17)13-16/h1-2,6,12-15H,3-5,7-11H2,(H,25,28)/i4D2. The smallest absolute Gasteiger partial charge is 0.224 e. The fourth-order valence-electron chi connectivity index (χ4n) is 4.17. The molecule has 0 unspecified atom stereocenters. The van der Waals surface area contributed by atoms with Gasteiger partial charge in [0.1, 0.15) is 11.4 Å². The number of piperazine rings is 1. The number of hydrogen-bond donors (Lipinski definition) is 1. The molecular weight excluding hydrogens is 369 g/mol. The van der Waals surface area contributed by atoms with Gasteiger partial charge < -0.3 is 14.6 Å².